The summed E-state index contributed by atoms with van der Waals surface area (Å²) in [5.41, 5.74) is 3.70. The van der Waals surface area contributed by atoms with Crippen molar-refractivity contribution in [3.8, 4) is 5.88 Å². The third kappa shape index (κ3) is 1.25. The quantitative estimate of drug-likeness (QED) is 0.749. The molecule has 0 amide bonds. The second-order valence-electron chi connectivity index (χ2n) is 3.81. The van der Waals surface area contributed by atoms with Gasteiger partial charge in [-0.25, -0.2) is 0 Å². The molecule has 0 radical (unpaired) electrons. The van der Waals surface area contributed by atoms with Gasteiger partial charge >= 0.3 is 0 Å². The molecule has 0 spiro atoms. The highest BCUT2D eigenvalue weighted by atomic mass is 16.5. The van der Waals surface area contributed by atoms with E-state index >= 15 is 0 Å². The minimum Gasteiger partial charge on any atom is -0.474 e. The van der Waals surface area contributed by atoms with Crippen molar-refractivity contribution in [2.24, 2.45) is 0 Å². The number of fused-ring (bicyclic) bond motifs is 3. The molecule has 0 aliphatic carbocycles. The van der Waals surface area contributed by atoms with Crippen molar-refractivity contribution in [3.63, 3.8) is 0 Å². The molecule has 2 nitrogen and oxygen atoms in total. The first-order valence-electron chi connectivity index (χ1n) is 5.32. The van der Waals surface area contributed by atoms with E-state index in [2.05, 4.69) is 36.2 Å². The van der Waals surface area contributed by atoms with E-state index in [-0.39, 0.29) is 0 Å². The molecule has 0 atom stereocenters. The monoisotopic (exact) mass is 199 g/mol. The number of hydrogen-bond donors (Lipinski definition) is 1. The Morgan fingerprint density at radius 1 is 1.40 bits per heavy atom. The Bertz CT molecular complexity index is 537. The van der Waals surface area contributed by atoms with Gasteiger partial charge in [0, 0.05) is 16.5 Å². The molecular weight excluding hydrogens is 186 g/mol. The Morgan fingerprint density at radius 2 is 2.33 bits per heavy atom. The van der Waals surface area contributed by atoms with Crippen molar-refractivity contribution < 1.29 is 4.74 Å². The first kappa shape index (κ1) is 8.60. The molecule has 0 unspecified atom stereocenters. The van der Waals surface area contributed by atoms with E-state index in [0.29, 0.717) is 6.61 Å². The lowest BCUT2D eigenvalue weighted by Gasteiger charge is -2.06. The molecule has 2 aromatic rings. The van der Waals surface area contributed by atoms with Gasteiger partial charge < -0.3 is 9.72 Å². The first-order chi connectivity index (χ1) is 7.38. The summed E-state index contributed by atoms with van der Waals surface area (Å²) >= 11 is 0. The summed E-state index contributed by atoms with van der Waals surface area (Å²) in [6, 6.07) is 6.55. The lowest BCUT2D eigenvalue weighted by atomic mass is 10.1. The molecule has 1 aromatic carbocycles. The number of aromatic nitrogens is 1. The summed E-state index contributed by atoms with van der Waals surface area (Å²) in [5, 5.41) is 1.25. The number of benzene rings is 1. The fourth-order valence-corrected chi connectivity index (χ4v) is 2.04. The molecule has 2 heterocycles. The van der Waals surface area contributed by atoms with Crippen LogP contribution in [0.25, 0.3) is 17.0 Å². The van der Waals surface area contributed by atoms with Gasteiger partial charge in [-0.1, -0.05) is 19.1 Å². The molecule has 2 heteroatoms. The molecule has 1 aliphatic heterocycles. The number of aryl methyl sites for hydroxylation is 1. The average molecular weight is 199 g/mol. The van der Waals surface area contributed by atoms with Gasteiger partial charge in [-0.2, -0.15) is 0 Å². The van der Waals surface area contributed by atoms with Gasteiger partial charge in [0.1, 0.15) is 6.61 Å². The Balaban J connectivity index is 2.28. The van der Waals surface area contributed by atoms with Crippen LogP contribution < -0.4 is 4.74 Å². The van der Waals surface area contributed by atoms with Crippen molar-refractivity contribution in [2.75, 3.05) is 6.61 Å². The van der Waals surface area contributed by atoms with Crippen LogP contribution in [0.4, 0.5) is 0 Å². The van der Waals surface area contributed by atoms with Crippen molar-refractivity contribution in [3.05, 3.63) is 35.4 Å². The largest absolute Gasteiger partial charge is 0.474 e. The van der Waals surface area contributed by atoms with Gasteiger partial charge in [-0.3, -0.25) is 0 Å². The number of rotatable bonds is 1. The van der Waals surface area contributed by atoms with Gasteiger partial charge in [0.2, 0.25) is 0 Å². The lowest BCUT2D eigenvalue weighted by Crippen LogP contribution is -1.98. The van der Waals surface area contributed by atoms with Gasteiger partial charge in [0.05, 0.1) is 0 Å². The van der Waals surface area contributed by atoms with E-state index in [1.807, 2.05) is 6.08 Å². The summed E-state index contributed by atoms with van der Waals surface area (Å²) in [7, 11) is 0. The molecule has 0 fully saturated rings. The first-order valence-corrected chi connectivity index (χ1v) is 5.32. The normalized spacial score (nSPS) is 13.9. The number of aromatic amines is 1. The van der Waals surface area contributed by atoms with E-state index < -0.39 is 0 Å². The van der Waals surface area contributed by atoms with Crippen LogP contribution in [0.15, 0.2) is 24.3 Å². The van der Waals surface area contributed by atoms with Crippen LogP contribution in [-0.4, -0.2) is 11.6 Å². The summed E-state index contributed by atoms with van der Waals surface area (Å²) in [6.07, 6.45) is 5.24. The van der Waals surface area contributed by atoms with E-state index in [9.17, 15) is 0 Å². The Labute approximate surface area is 88.6 Å². The molecule has 76 valence electrons. The smallest absolute Gasteiger partial charge is 0.199 e. The molecule has 0 bridgehead atoms. The maximum absolute atomic E-state index is 5.54. The van der Waals surface area contributed by atoms with Crippen molar-refractivity contribution in [1.82, 2.24) is 4.98 Å². The average Bonchev–Trinajstić information content (AvgIpc) is 2.66. The van der Waals surface area contributed by atoms with Crippen LogP contribution in [-0.2, 0) is 6.42 Å². The highest BCUT2D eigenvalue weighted by molar-refractivity contribution is 5.92. The van der Waals surface area contributed by atoms with Gasteiger partial charge in [-0.05, 0) is 30.2 Å². The molecule has 1 N–H and O–H groups in total. The van der Waals surface area contributed by atoms with E-state index in [4.69, 9.17) is 4.74 Å². The van der Waals surface area contributed by atoms with E-state index in [1.54, 1.807) is 0 Å². The molecule has 15 heavy (non-hydrogen) atoms. The summed E-state index contributed by atoms with van der Waals surface area (Å²) in [6.45, 7) is 2.83. The second kappa shape index (κ2) is 3.16. The summed E-state index contributed by atoms with van der Waals surface area (Å²) < 4.78 is 5.54. The standard InChI is InChI=1S/C13H13NO/c1-2-9-5-6-10-11-4-3-7-15-13(11)14-12(10)8-9/h3-6,8,14H,2,7H2,1H3. The number of nitrogens with one attached hydrogen (secondary N) is 1. The van der Waals surface area contributed by atoms with Gasteiger partial charge in [0.15, 0.2) is 5.88 Å². The minimum absolute atomic E-state index is 0.667. The maximum Gasteiger partial charge on any atom is 0.199 e. The minimum atomic E-state index is 0.667. The maximum atomic E-state index is 5.54. The van der Waals surface area contributed by atoms with Gasteiger partial charge in [0.25, 0.3) is 0 Å². The number of ether oxygens (including phenoxy) is 1. The zero-order valence-corrected chi connectivity index (χ0v) is 8.71. The zero-order valence-electron chi connectivity index (χ0n) is 8.71. The second-order valence-corrected chi connectivity index (χ2v) is 3.81. The fraction of sp³-hybridized carbons (Fsp3) is 0.231. The van der Waals surface area contributed by atoms with Crippen molar-refractivity contribution in [2.45, 2.75) is 13.3 Å². The van der Waals surface area contributed by atoms with E-state index in [0.717, 1.165) is 12.3 Å². The zero-order chi connectivity index (χ0) is 10.3. The number of hydrogen-bond acceptors (Lipinski definition) is 1. The van der Waals surface area contributed by atoms with Crippen LogP contribution in [0, 0.1) is 0 Å². The van der Waals surface area contributed by atoms with Crippen molar-refractivity contribution >= 4 is 17.0 Å². The fourth-order valence-electron chi connectivity index (χ4n) is 2.04. The molecule has 0 saturated carbocycles. The topological polar surface area (TPSA) is 25.0 Å². The molecule has 0 saturated heterocycles. The van der Waals surface area contributed by atoms with Crippen LogP contribution in [0.1, 0.15) is 18.1 Å². The predicted molar refractivity (Wildman–Crippen MR) is 62.2 cm³/mol. The number of H-pyrrole nitrogens is 1. The lowest BCUT2D eigenvalue weighted by molar-refractivity contribution is 0.347. The Morgan fingerprint density at radius 3 is 3.20 bits per heavy atom. The van der Waals surface area contributed by atoms with Crippen LogP contribution in [0.2, 0.25) is 0 Å². The highest BCUT2D eigenvalue weighted by Crippen LogP contribution is 2.31. The Hall–Kier alpha value is -1.70. The van der Waals surface area contributed by atoms with Gasteiger partial charge in [-0.15, -0.1) is 0 Å². The molecule has 3 rings (SSSR count). The van der Waals surface area contributed by atoms with Crippen LogP contribution in [0.5, 0.6) is 5.88 Å². The molecular formula is C13H13NO. The predicted octanol–water partition coefficient (Wildman–Crippen LogP) is 3.14. The highest BCUT2D eigenvalue weighted by Gasteiger charge is 2.12. The van der Waals surface area contributed by atoms with E-state index in [1.165, 1.54) is 22.0 Å². The van der Waals surface area contributed by atoms with Crippen molar-refractivity contribution in [1.29, 1.82) is 0 Å². The third-order valence-corrected chi connectivity index (χ3v) is 2.88. The summed E-state index contributed by atoms with van der Waals surface area (Å²) in [4.78, 5) is 3.32. The van der Waals surface area contributed by atoms with Crippen LogP contribution in [0.3, 0.4) is 0 Å². The SMILES string of the molecule is CCc1ccc2c3c([nH]c2c1)OCC=C3. The van der Waals surface area contributed by atoms with Crippen LogP contribution >= 0.6 is 0 Å². The third-order valence-electron chi connectivity index (χ3n) is 2.88. The molecule has 1 aromatic heterocycles. The Kier molecular flexibility index (Phi) is 1.81. The molecule has 1 aliphatic rings. The summed E-state index contributed by atoms with van der Waals surface area (Å²) in [5.74, 6) is 0.903.